The Labute approximate surface area is 183 Å². The molecule has 1 spiro atoms. The van der Waals surface area contributed by atoms with E-state index >= 15 is 4.39 Å². The van der Waals surface area contributed by atoms with Crippen molar-refractivity contribution < 1.29 is 18.4 Å². The summed E-state index contributed by atoms with van der Waals surface area (Å²) in [5.41, 5.74) is -0.583. The molecule has 9 heteroatoms. The molecule has 1 saturated carbocycles. The third-order valence-electron chi connectivity index (χ3n) is 6.00. The van der Waals surface area contributed by atoms with Gasteiger partial charge in [-0.15, -0.1) is 0 Å². The third-order valence-corrected chi connectivity index (χ3v) is 6.37. The average molecular weight is 440 g/mol. The average Bonchev–Trinajstić information content (AvgIpc) is 2.96. The zero-order valence-corrected chi connectivity index (χ0v) is 17.6. The molecule has 0 atom stereocenters. The van der Waals surface area contributed by atoms with Crippen molar-refractivity contribution in [1.82, 2.24) is 5.32 Å². The number of nitriles is 1. The van der Waals surface area contributed by atoms with E-state index in [1.165, 1.54) is 38.2 Å². The molecule has 158 valence electrons. The van der Waals surface area contributed by atoms with Gasteiger partial charge in [0, 0.05) is 18.3 Å². The second-order valence-electron chi connectivity index (χ2n) is 7.57. The van der Waals surface area contributed by atoms with E-state index in [1.54, 1.807) is 4.90 Å². The minimum Gasteiger partial charge on any atom is -0.355 e. The quantitative estimate of drug-likeness (QED) is 0.739. The van der Waals surface area contributed by atoms with Gasteiger partial charge in [0.05, 0.1) is 22.9 Å². The number of nitrogens with one attached hydrogen (secondary N) is 1. The van der Waals surface area contributed by atoms with Crippen LogP contribution in [0.4, 0.5) is 20.2 Å². The number of hydrogen-bond donors (Lipinski definition) is 1. The minimum atomic E-state index is -1.02. The number of halogens is 2. The molecule has 0 radical (unpaired) electrons. The topological polar surface area (TPSA) is 76.4 Å². The fourth-order valence-corrected chi connectivity index (χ4v) is 4.58. The summed E-state index contributed by atoms with van der Waals surface area (Å²) < 4.78 is 29.7. The van der Waals surface area contributed by atoms with Gasteiger partial charge < -0.3 is 10.2 Å². The van der Waals surface area contributed by atoms with Crippen molar-refractivity contribution in [3.05, 3.63) is 58.7 Å². The molecular weight excluding hydrogens is 422 g/mol. The zero-order valence-electron chi connectivity index (χ0n) is 16.8. The number of rotatable bonds is 3. The molecule has 31 heavy (non-hydrogen) atoms. The van der Waals surface area contributed by atoms with Crippen molar-refractivity contribution in [2.24, 2.45) is 0 Å². The summed E-state index contributed by atoms with van der Waals surface area (Å²) in [6, 6.07) is 8.73. The molecule has 1 N–H and O–H groups in total. The van der Waals surface area contributed by atoms with E-state index in [-0.39, 0.29) is 33.4 Å². The SMILES string of the molecule is CNC(=O)c1ccc(N2C(=S)N(c3ccc(C#N)c(C)c3F)C(=O)C23CCC3)cc1F. The lowest BCUT2D eigenvalue weighted by Gasteiger charge is -2.43. The highest BCUT2D eigenvalue weighted by Gasteiger charge is 2.60. The second-order valence-corrected chi connectivity index (χ2v) is 7.94. The number of amides is 2. The molecule has 2 aliphatic rings. The molecule has 4 rings (SSSR count). The Balaban J connectivity index is 1.81. The number of nitrogens with zero attached hydrogens (tertiary/aromatic N) is 3. The van der Waals surface area contributed by atoms with E-state index in [0.29, 0.717) is 18.5 Å². The van der Waals surface area contributed by atoms with Gasteiger partial charge in [-0.2, -0.15) is 5.26 Å². The maximum absolute atomic E-state index is 15.1. The Bertz CT molecular complexity index is 1190. The predicted octanol–water partition coefficient (Wildman–Crippen LogP) is 3.57. The summed E-state index contributed by atoms with van der Waals surface area (Å²) in [6.07, 6.45) is 1.74. The van der Waals surface area contributed by atoms with Crippen LogP contribution in [0.15, 0.2) is 30.3 Å². The molecule has 1 heterocycles. The van der Waals surface area contributed by atoms with E-state index in [9.17, 15) is 14.0 Å². The monoisotopic (exact) mass is 440 g/mol. The van der Waals surface area contributed by atoms with Crippen LogP contribution in [0, 0.1) is 29.9 Å². The van der Waals surface area contributed by atoms with Gasteiger partial charge >= 0.3 is 0 Å². The molecular formula is C22H18F2N4O2S. The van der Waals surface area contributed by atoms with E-state index in [2.05, 4.69) is 5.32 Å². The highest BCUT2D eigenvalue weighted by molar-refractivity contribution is 7.81. The standard InChI is InChI=1S/C22H18F2N4O2S/c1-12-13(11-25)4-7-17(18(12)24)27-20(30)22(8-3-9-22)28(21(27)31)14-5-6-15(16(23)10-14)19(29)26-2/h4-7,10H,3,8-9H2,1-2H3,(H,26,29). The number of thiocarbonyl (C=S) groups is 1. The minimum absolute atomic E-state index is 0.0276. The van der Waals surface area contributed by atoms with Crippen LogP contribution in [0.2, 0.25) is 0 Å². The first kappa shape index (κ1) is 20.9. The lowest BCUT2D eigenvalue weighted by atomic mass is 9.75. The first-order chi connectivity index (χ1) is 14.8. The summed E-state index contributed by atoms with van der Waals surface area (Å²) >= 11 is 5.56. The number of carbonyl (C=O) groups is 2. The van der Waals surface area contributed by atoms with Gasteiger partial charge in [-0.25, -0.2) is 8.78 Å². The molecule has 2 aromatic carbocycles. The second kappa shape index (κ2) is 7.39. The van der Waals surface area contributed by atoms with E-state index in [0.717, 1.165) is 17.4 Å². The molecule has 1 aliphatic heterocycles. The van der Waals surface area contributed by atoms with Crippen LogP contribution in [0.3, 0.4) is 0 Å². The fraction of sp³-hybridized carbons (Fsp3) is 0.273. The Morgan fingerprint density at radius 3 is 2.52 bits per heavy atom. The summed E-state index contributed by atoms with van der Waals surface area (Å²) in [6.45, 7) is 1.46. The normalized spacial score (nSPS) is 17.0. The van der Waals surface area contributed by atoms with Gasteiger partial charge in [0.2, 0.25) is 0 Å². The maximum Gasteiger partial charge on any atom is 0.259 e. The maximum atomic E-state index is 15.1. The van der Waals surface area contributed by atoms with Crippen molar-refractivity contribution in [3.63, 3.8) is 0 Å². The van der Waals surface area contributed by atoms with Gasteiger partial charge in [0.15, 0.2) is 10.9 Å². The van der Waals surface area contributed by atoms with Gasteiger partial charge in [-0.1, -0.05) is 0 Å². The van der Waals surface area contributed by atoms with E-state index in [4.69, 9.17) is 17.5 Å². The smallest absolute Gasteiger partial charge is 0.259 e. The number of benzene rings is 2. The molecule has 1 saturated heterocycles. The van der Waals surface area contributed by atoms with Crippen LogP contribution in [-0.2, 0) is 4.79 Å². The van der Waals surface area contributed by atoms with Crippen LogP contribution < -0.4 is 15.1 Å². The lowest BCUT2D eigenvalue weighted by Crippen LogP contribution is -2.55. The Morgan fingerprint density at radius 2 is 1.97 bits per heavy atom. The van der Waals surface area contributed by atoms with Gasteiger partial charge in [-0.05, 0) is 68.7 Å². The van der Waals surface area contributed by atoms with Crippen LogP contribution in [-0.4, -0.2) is 29.5 Å². The van der Waals surface area contributed by atoms with E-state index < -0.39 is 23.1 Å². The Hall–Kier alpha value is -3.38. The summed E-state index contributed by atoms with van der Waals surface area (Å²) in [7, 11) is 1.40. The molecule has 2 aromatic rings. The number of carbonyl (C=O) groups excluding carboxylic acids is 2. The predicted molar refractivity (Wildman–Crippen MR) is 115 cm³/mol. The highest BCUT2D eigenvalue weighted by atomic mass is 32.1. The van der Waals surface area contributed by atoms with Crippen molar-refractivity contribution in [2.45, 2.75) is 31.7 Å². The van der Waals surface area contributed by atoms with Crippen molar-refractivity contribution >= 4 is 40.5 Å². The van der Waals surface area contributed by atoms with Crippen LogP contribution in [0.1, 0.15) is 40.7 Å². The summed E-state index contributed by atoms with van der Waals surface area (Å²) in [5, 5.41) is 11.5. The fourth-order valence-electron chi connectivity index (χ4n) is 4.12. The molecule has 2 fully saturated rings. The van der Waals surface area contributed by atoms with Crippen LogP contribution in [0.5, 0.6) is 0 Å². The number of hydrogen-bond acceptors (Lipinski definition) is 4. The largest absolute Gasteiger partial charge is 0.355 e. The van der Waals surface area contributed by atoms with Gasteiger partial charge in [0.1, 0.15) is 11.4 Å². The summed E-state index contributed by atoms with van der Waals surface area (Å²) in [5.74, 6) is -2.41. The molecule has 0 aromatic heterocycles. The molecule has 0 unspecified atom stereocenters. The zero-order chi connectivity index (χ0) is 22.5. The van der Waals surface area contributed by atoms with Gasteiger partial charge in [0.25, 0.3) is 11.8 Å². The van der Waals surface area contributed by atoms with Crippen molar-refractivity contribution in [3.8, 4) is 6.07 Å². The molecule has 6 nitrogen and oxygen atoms in total. The van der Waals surface area contributed by atoms with E-state index in [1.807, 2.05) is 6.07 Å². The van der Waals surface area contributed by atoms with Crippen LogP contribution >= 0.6 is 12.2 Å². The van der Waals surface area contributed by atoms with Gasteiger partial charge in [-0.3, -0.25) is 14.5 Å². The highest BCUT2D eigenvalue weighted by Crippen LogP contribution is 2.48. The van der Waals surface area contributed by atoms with Crippen molar-refractivity contribution in [1.29, 1.82) is 5.26 Å². The third kappa shape index (κ3) is 2.90. The molecule has 2 amide bonds. The molecule has 0 bridgehead atoms. The Morgan fingerprint density at radius 1 is 1.26 bits per heavy atom. The van der Waals surface area contributed by atoms with Crippen LogP contribution in [0.25, 0.3) is 0 Å². The lowest BCUT2D eigenvalue weighted by molar-refractivity contribution is -0.123. The van der Waals surface area contributed by atoms with Crippen molar-refractivity contribution in [2.75, 3.05) is 16.8 Å². The number of anilines is 2. The Kier molecular flexibility index (Phi) is 4.98. The molecule has 1 aliphatic carbocycles. The first-order valence-electron chi connectivity index (χ1n) is 9.66. The first-order valence-corrected chi connectivity index (χ1v) is 10.1. The summed E-state index contributed by atoms with van der Waals surface area (Å²) in [4.78, 5) is 27.9.